The Morgan fingerprint density at radius 1 is 0.515 bits per heavy atom. The molecule has 0 radical (unpaired) electrons. The van der Waals surface area contributed by atoms with Crippen molar-refractivity contribution in [2.45, 2.75) is 168 Å². The molecule has 0 aromatic carbocycles. The van der Waals surface area contributed by atoms with Gasteiger partial charge in [0.15, 0.2) is 0 Å². The molecule has 0 nitrogen and oxygen atoms in total. The molecule has 0 aromatic rings. The predicted molar refractivity (Wildman–Crippen MR) is 146 cm³/mol. The Hall–Kier alpha value is 0. The Morgan fingerprint density at radius 3 is 1.67 bits per heavy atom. The third kappa shape index (κ3) is 7.49. The van der Waals surface area contributed by atoms with Crippen LogP contribution in [0.5, 0.6) is 0 Å². The van der Waals surface area contributed by atoms with E-state index < -0.39 is 0 Å². The third-order valence-corrected chi connectivity index (χ3v) is 11.5. The summed E-state index contributed by atoms with van der Waals surface area (Å²) in [5.74, 6) is 6.50. The first-order valence-corrected chi connectivity index (χ1v) is 16.2. The molecule has 0 amide bonds. The first kappa shape index (κ1) is 26.1. The second-order valence-corrected chi connectivity index (χ2v) is 13.8. The molecule has 0 aromatic heterocycles. The van der Waals surface area contributed by atoms with Crippen LogP contribution in [-0.2, 0) is 0 Å². The van der Waals surface area contributed by atoms with Gasteiger partial charge in [-0.2, -0.15) is 0 Å². The van der Waals surface area contributed by atoms with Crippen LogP contribution in [0.3, 0.4) is 0 Å². The van der Waals surface area contributed by atoms with Crippen molar-refractivity contribution in [1.82, 2.24) is 0 Å². The first-order chi connectivity index (χ1) is 16.2. The number of rotatable bonds is 10. The average Bonchev–Trinajstić information content (AvgIpc) is 2.87. The SMILES string of the molecule is CCCC[C@H]1CC[C@H](C[C@H]2CC[C@](C[C@H]3CC[C@H](CCC)CC3)(C3CCCCC3)CC2)CC1. The summed E-state index contributed by atoms with van der Waals surface area (Å²) in [6.45, 7) is 4.75. The molecular weight excluding hydrogens is 396 g/mol. The molecule has 0 heterocycles. The zero-order valence-electron chi connectivity index (χ0n) is 22.9. The van der Waals surface area contributed by atoms with E-state index in [2.05, 4.69) is 13.8 Å². The van der Waals surface area contributed by atoms with Gasteiger partial charge in [0, 0.05) is 0 Å². The molecule has 0 aliphatic heterocycles. The van der Waals surface area contributed by atoms with Gasteiger partial charge in [0.05, 0.1) is 0 Å². The van der Waals surface area contributed by atoms with E-state index in [1.807, 2.05) is 0 Å². The summed E-state index contributed by atoms with van der Waals surface area (Å²) in [4.78, 5) is 0. The molecule has 0 N–H and O–H groups in total. The molecule has 4 aliphatic rings. The standard InChI is InChI=1S/C33H60/c1-3-5-10-28-13-17-29(18-14-28)25-30-21-23-33(24-22-30,32-11-7-6-8-12-32)26-31-19-15-27(9-4-2)16-20-31/h27-32H,3-26H2,1-2H3/t27-,28-,29-,30-,31-,33-. The van der Waals surface area contributed by atoms with Crippen LogP contribution in [0, 0.1) is 40.9 Å². The van der Waals surface area contributed by atoms with E-state index in [1.54, 1.807) is 116 Å². The van der Waals surface area contributed by atoms with Gasteiger partial charge in [0.25, 0.3) is 0 Å². The maximum absolute atomic E-state index is 2.39. The molecule has 33 heavy (non-hydrogen) atoms. The normalized spacial score (nSPS) is 38.9. The molecular formula is C33H60. The minimum absolute atomic E-state index is 0.761. The van der Waals surface area contributed by atoms with Gasteiger partial charge in [0.2, 0.25) is 0 Å². The van der Waals surface area contributed by atoms with Gasteiger partial charge in [-0.25, -0.2) is 0 Å². The zero-order chi connectivity index (χ0) is 22.9. The smallest absolute Gasteiger partial charge is 0.0266 e. The largest absolute Gasteiger partial charge is 0.0654 e. The second kappa shape index (κ2) is 13.3. The fraction of sp³-hybridized carbons (Fsp3) is 1.00. The van der Waals surface area contributed by atoms with Crippen molar-refractivity contribution in [2.24, 2.45) is 40.9 Å². The molecule has 0 unspecified atom stereocenters. The van der Waals surface area contributed by atoms with Gasteiger partial charge in [-0.1, -0.05) is 117 Å². The van der Waals surface area contributed by atoms with Gasteiger partial charge >= 0.3 is 0 Å². The lowest BCUT2D eigenvalue weighted by Crippen LogP contribution is -2.39. The third-order valence-electron chi connectivity index (χ3n) is 11.5. The first-order valence-electron chi connectivity index (χ1n) is 16.2. The van der Waals surface area contributed by atoms with Crippen LogP contribution in [0.1, 0.15) is 168 Å². The summed E-state index contributed by atoms with van der Waals surface area (Å²) in [6, 6.07) is 0. The molecule has 4 fully saturated rings. The van der Waals surface area contributed by atoms with Crippen LogP contribution in [0.2, 0.25) is 0 Å². The van der Waals surface area contributed by atoms with Crippen LogP contribution < -0.4 is 0 Å². The van der Waals surface area contributed by atoms with Crippen LogP contribution in [-0.4, -0.2) is 0 Å². The molecule has 192 valence electrons. The highest BCUT2D eigenvalue weighted by Crippen LogP contribution is 2.55. The van der Waals surface area contributed by atoms with E-state index >= 15 is 0 Å². The molecule has 4 rings (SSSR count). The Balaban J connectivity index is 1.27. The lowest BCUT2D eigenvalue weighted by atomic mass is 9.55. The zero-order valence-corrected chi connectivity index (χ0v) is 22.9. The summed E-state index contributed by atoms with van der Waals surface area (Å²) in [5.41, 5.74) is 0.761. The second-order valence-electron chi connectivity index (χ2n) is 13.8. The fourth-order valence-electron chi connectivity index (χ4n) is 9.41. The van der Waals surface area contributed by atoms with Crippen LogP contribution in [0.15, 0.2) is 0 Å². The molecule has 4 aliphatic carbocycles. The highest BCUT2D eigenvalue weighted by atomic mass is 14.5. The monoisotopic (exact) mass is 456 g/mol. The van der Waals surface area contributed by atoms with Crippen LogP contribution in [0.4, 0.5) is 0 Å². The molecule has 4 saturated carbocycles. The summed E-state index contributed by atoms with van der Waals surface area (Å²) in [5, 5.41) is 0. The van der Waals surface area contributed by atoms with Gasteiger partial charge < -0.3 is 0 Å². The van der Waals surface area contributed by atoms with Crippen molar-refractivity contribution in [1.29, 1.82) is 0 Å². The maximum Gasteiger partial charge on any atom is -0.0266 e. The van der Waals surface area contributed by atoms with Gasteiger partial charge in [-0.3, -0.25) is 0 Å². The van der Waals surface area contributed by atoms with E-state index in [9.17, 15) is 0 Å². The molecule has 0 atom stereocenters. The highest BCUT2D eigenvalue weighted by molar-refractivity contribution is 4.95. The lowest BCUT2D eigenvalue weighted by molar-refractivity contribution is 0.0103. The van der Waals surface area contributed by atoms with E-state index in [0.29, 0.717) is 0 Å². The molecule has 0 heteroatoms. The van der Waals surface area contributed by atoms with Gasteiger partial charge in [0.1, 0.15) is 0 Å². The Morgan fingerprint density at radius 2 is 1.06 bits per heavy atom. The van der Waals surface area contributed by atoms with E-state index in [1.165, 1.54) is 38.5 Å². The van der Waals surface area contributed by atoms with E-state index in [4.69, 9.17) is 0 Å². The Bertz CT molecular complexity index is 504. The summed E-state index contributed by atoms with van der Waals surface area (Å²) in [7, 11) is 0. The minimum atomic E-state index is 0.761. The van der Waals surface area contributed by atoms with Gasteiger partial charge in [-0.05, 0) is 92.3 Å². The number of hydrogen-bond acceptors (Lipinski definition) is 0. The maximum atomic E-state index is 2.39. The predicted octanol–water partition coefficient (Wildman–Crippen LogP) is 11.1. The van der Waals surface area contributed by atoms with Crippen molar-refractivity contribution in [3.63, 3.8) is 0 Å². The van der Waals surface area contributed by atoms with Crippen molar-refractivity contribution in [3.05, 3.63) is 0 Å². The molecule has 0 spiro atoms. The Labute approximate surface area is 208 Å². The number of unbranched alkanes of at least 4 members (excludes halogenated alkanes) is 1. The summed E-state index contributed by atoms with van der Waals surface area (Å²) in [6.07, 6.45) is 37.2. The van der Waals surface area contributed by atoms with Crippen molar-refractivity contribution in [2.75, 3.05) is 0 Å². The highest BCUT2D eigenvalue weighted by Gasteiger charge is 2.44. The average molecular weight is 457 g/mol. The summed E-state index contributed by atoms with van der Waals surface area (Å²) >= 11 is 0. The van der Waals surface area contributed by atoms with Gasteiger partial charge in [-0.15, -0.1) is 0 Å². The topological polar surface area (TPSA) is 0 Å². The summed E-state index contributed by atoms with van der Waals surface area (Å²) < 4.78 is 0. The van der Waals surface area contributed by atoms with Crippen molar-refractivity contribution < 1.29 is 0 Å². The van der Waals surface area contributed by atoms with Crippen molar-refractivity contribution in [3.8, 4) is 0 Å². The van der Waals surface area contributed by atoms with Crippen LogP contribution >= 0.6 is 0 Å². The van der Waals surface area contributed by atoms with E-state index in [-0.39, 0.29) is 0 Å². The molecule has 0 bridgehead atoms. The Kier molecular flexibility index (Phi) is 10.5. The van der Waals surface area contributed by atoms with Crippen LogP contribution in [0.25, 0.3) is 0 Å². The quantitative estimate of drug-likeness (QED) is 0.306. The fourth-order valence-corrected chi connectivity index (χ4v) is 9.41. The minimum Gasteiger partial charge on any atom is -0.0654 e. The van der Waals surface area contributed by atoms with E-state index in [0.717, 1.165) is 40.9 Å². The molecule has 0 saturated heterocycles. The number of hydrogen-bond donors (Lipinski definition) is 0. The van der Waals surface area contributed by atoms with Crippen molar-refractivity contribution >= 4 is 0 Å². The lowest BCUT2D eigenvalue weighted by Gasteiger charge is -2.50.